The van der Waals surface area contributed by atoms with Crippen LogP contribution in [0.2, 0.25) is 0 Å². The van der Waals surface area contributed by atoms with Crippen molar-refractivity contribution in [2.75, 3.05) is 11.3 Å². The van der Waals surface area contributed by atoms with Gasteiger partial charge in [0, 0.05) is 6.54 Å². The molecule has 6 heteroatoms. The van der Waals surface area contributed by atoms with Crippen LogP contribution in [0.4, 0.5) is 5.69 Å². The Kier molecular flexibility index (Phi) is 4.98. The predicted molar refractivity (Wildman–Crippen MR) is 72.9 cm³/mol. The quantitative estimate of drug-likeness (QED) is 0.692. The summed E-state index contributed by atoms with van der Waals surface area (Å²) in [5, 5.41) is 9.62. The third-order valence-corrected chi connectivity index (χ3v) is 3.43. The second-order valence-corrected chi connectivity index (χ2v) is 6.05. The smallest absolute Gasteiger partial charge is 0.299 e. The molecule has 1 aromatic carbocycles. The van der Waals surface area contributed by atoms with Crippen LogP contribution in [0, 0.1) is 5.92 Å². The van der Waals surface area contributed by atoms with Crippen LogP contribution in [0.3, 0.4) is 0 Å². The second-order valence-electron chi connectivity index (χ2n) is 4.55. The molecule has 18 heavy (non-hydrogen) atoms. The molecular formula is C12H20N2O3S. The Morgan fingerprint density at radius 2 is 2.00 bits per heavy atom. The van der Waals surface area contributed by atoms with Gasteiger partial charge in [-0.2, -0.15) is 13.1 Å². The van der Waals surface area contributed by atoms with Gasteiger partial charge in [0.15, 0.2) is 0 Å². The molecule has 0 fully saturated rings. The average molecular weight is 272 g/mol. The first-order valence-electron chi connectivity index (χ1n) is 5.93. The number of nitrogens with one attached hydrogen (secondary N) is 2. The number of hydrogen-bond donors (Lipinski definition) is 3. The molecule has 1 aromatic rings. The summed E-state index contributed by atoms with van der Waals surface area (Å²) >= 11 is 0. The Hall–Kier alpha value is -1.27. The lowest BCUT2D eigenvalue weighted by molar-refractivity contribution is 0.477. The lowest BCUT2D eigenvalue weighted by atomic mass is 10.1. The standard InChI is InChI=1S/C12H20N2O3S/c1-4-10-5-6-12(15)11(7-10)14-18(16,17)13-8-9(2)3/h5-7,9,13-15H,4,8H2,1-3H3. The predicted octanol–water partition coefficient (Wildman–Crippen LogP) is 1.86. The number of hydrogen-bond acceptors (Lipinski definition) is 3. The van der Waals surface area contributed by atoms with Gasteiger partial charge in [-0.05, 0) is 30.0 Å². The van der Waals surface area contributed by atoms with Gasteiger partial charge in [0.2, 0.25) is 0 Å². The number of anilines is 1. The molecule has 102 valence electrons. The number of phenols is 1. The number of aromatic hydroxyl groups is 1. The molecule has 0 aliphatic heterocycles. The average Bonchev–Trinajstić information content (AvgIpc) is 2.29. The molecule has 0 heterocycles. The maximum Gasteiger partial charge on any atom is 0.299 e. The van der Waals surface area contributed by atoms with Gasteiger partial charge in [-0.15, -0.1) is 0 Å². The maximum absolute atomic E-state index is 11.7. The van der Waals surface area contributed by atoms with Gasteiger partial charge in [-0.3, -0.25) is 4.72 Å². The highest BCUT2D eigenvalue weighted by atomic mass is 32.2. The second kappa shape index (κ2) is 6.06. The first-order valence-corrected chi connectivity index (χ1v) is 7.41. The summed E-state index contributed by atoms with van der Waals surface area (Å²) in [4.78, 5) is 0. The molecule has 0 atom stereocenters. The molecular weight excluding hydrogens is 252 g/mol. The topological polar surface area (TPSA) is 78.4 Å². The first-order chi connectivity index (χ1) is 8.34. The summed E-state index contributed by atoms with van der Waals surface area (Å²) in [6.07, 6.45) is 0.772. The summed E-state index contributed by atoms with van der Waals surface area (Å²) < 4.78 is 28.2. The highest BCUT2D eigenvalue weighted by molar-refractivity contribution is 7.90. The van der Waals surface area contributed by atoms with E-state index in [0.29, 0.717) is 6.54 Å². The molecule has 0 spiro atoms. The largest absolute Gasteiger partial charge is 0.506 e. The molecule has 0 aliphatic rings. The van der Waals surface area contributed by atoms with E-state index >= 15 is 0 Å². The molecule has 0 amide bonds. The van der Waals surface area contributed by atoms with Crippen molar-refractivity contribution in [1.29, 1.82) is 0 Å². The van der Waals surface area contributed by atoms with Gasteiger partial charge in [-0.1, -0.05) is 26.8 Å². The fourth-order valence-electron chi connectivity index (χ4n) is 1.34. The number of benzene rings is 1. The minimum Gasteiger partial charge on any atom is -0.506 e. The van der Waals surface area contributed by atoms with E-state index in [1.54, 1.807) is 12.1 Å². The molecule has 3 N–H and O–H groups in total. The fourth-order valence-corrected chi connectivity index (χ4v) is 2.42. The number of rotatable bonds is 6. The van der Waals surface area contributed by atoms with Crippen molar-refractivity contribution in [2.45, 2.75) is 27.2 Å². The van der Waals surface area contributed by atoms with Crippen molar-refractivity contribution in [1.82, 2.24) is 4.72 Å². The van der Waals surface area contributed by atoms with Crippen LogP contribution >= 0.6 is 0 Å². The molecule has 0 radical (unpaired) electrons. The van der Waals surface area contributed by atoms with E-state index in [4.69, 9.17) is 0 Å². The molecule has 1 rings (SSSR count). The van der Waals surface area contributed by atoms with Crippen molar-refractivity contribution < 1.29 is 13.5 Å². The normalized spacial score (nSPS) is 11.8. The lowest BCUT2D eigenvalue weighted by Crippen LogP contribution is -2.32. The van der Waals surface area contributed by atoms with E-state index in [1.165, 1.54) is 6.07 Å². The highest BCUT2D eigenvalue weighted by Gasteiger charge is 2.13. The van der Waals surface area contributed by atoms with Crippen molar-refractivity contribution in [3.63, 3.8) is 0 Å². The Bertz CT molecular complexity index is 498. The Labute approximate surface area is 108 Å². The molecule has 5 nitrogen and oxygen atoms in total. The monoisotopic (exact) mass is 272 g/mol. The Morgan fingerprint density at radius 3 is 2.56 bits per heavy atom. The zero-order valence-electron chi connectivity index (χ0n) is 10.9. The van der Waals surface area contributed by atoms with Crippen LogP contribution in [0.25, 0.3) is 0 Å². The molecule has 0 bridgehead atoms. The van der Waals surface area contributed by atoms with Crippen molar-refractivity contribution in [3.8, 4) is 5.75 Å². The van der Waals surface area contributed by atoms with Gasteiger partial charge in [0.05, 0.1) is 5.69 Å². The molecule has 0 saturated carbocycles. The molecule has 0 unspecified atom stereocenters. The maximum atomic E-state index is 11.7. The summed E-state index contributed by atoms with van der Waals surface area (Å²) in [6.45, 7) is 6.14. The van der Waals surface area contributed by atoms with E-state index in [-0.39, 0.29) is 17.4 Å². The molecule has 0 aliphatic carbocycles. The van der Waals surface area contributed by atoms with Crippen molar-refractivity contribution in [2.24, 2.45) is 5.92 Å². The summed E-state index contributed by atoms with van der Waals surface area (Å²) in [5.41, 5.74) is 1.15. The summed E-state index contributed by atoms with van der Waals surface area (Å²) in [6, 6.07) is 4.87. The Morgan fingerprint density at radius 1 is 1.33 bits per heavy atom. The van der Waals surface area contributed by atoms with Gasteiger partial charge in [0.25, 0.3) is 10.2 Å². The molecule has 0 aromatic heterocycles. The van der Waals surface area contributed by atoms with Crippen LogP contribution in [0.15, 0.2) is 18.2 Å². The SMILES string of the molecule is CCc1ccc(O)c(NS(=O)(=O)NCC(C)C)c1. The van der Waals surface area contributed by atoms with Gasteiger partial charge >= 0.3 is 0 Å². The zero-order valence-corrected chi connectivity index (χ0v) is 11.7. The van der Waals surface area contributed by atoms with Crippen LogP contribution < -0.4 is 9.44 Å². The highest BCUT2D eigenvalue weighted by Crippen LogP contribution is 2.25. The zero-order chi connectivity index (χ0) is 13.8. The Balaban J connectivity index is 2.83. The molecule has 0 saturated heterocycles. The van der Waals surface area contributed by atoms with E-state index in [9.17, 15) is 13.5 Å². The van der Waals surface area contributed by atoms with E-state index in [2.05, 4.69) is 9.44 Å². The first kappa shape index (κ1) is 14.8. The van der Waals surface area contributed by atoms with E-state index < -0.39 is 10.2 Å². The van der Waals surface area contributed by atoms with E-state index in [1.807, 2.05) is 20.8 Å². The van der Waals surface area contributed by atoms with E-state index in [0.717, 1.165) is 12.0 Å². The number of phenolic OH excluding ortho intramolecular Hbond substituents is 1. The minimum atomic E-state index is -3.64. The number of aryl methyl sites for hydroxylation is 1. The van der Waals surface area contributed by atoms with Crippen LogP contribution in [-0.2, 0) is 16.6 Å². The van der Waals surface area contributed by atoms with Crippen molar-refractivity contribution >= 4 is 15.9 Å². The lowest BCUT2D eigenvalue weighted by Gasteiger charge is -2.12. The summed E-state index contributed by atoms with van der Waals surface area (Å²) in [5.74, 6) is 0.138. The van der Waals surface area contributed by atoms with Crippen LogP contribution in [0.5, 0.6) is 5.75 Å². The van der Waals surface area contributed by atoms with Crippen molar-refractivity contribution in [3.05, 3.63) is 23.8 Å². The third kappa shape index (κ3) is 4.54. The van der Waals surface area contributed by atoms with Gasteiger partial charge in [-0.25, -0.2) is 0 Å². The van der Waals surface area contributed by atoms with Gasteiger partial charge < -0.3 is 5.11 Å². The minimum absolute atomic E-state index is 0.0814. The summed E-state index contributed by atoms with van der Waals surface area (Å²) in [7, 11) is -3.64. The van der Waals surface area contributed by atoms with Crippen LogP contribution in [0.1, 0.15) is 26.3 Å². The van der Waals surface area contributed by atoms with Gasteiger partial charge in [0.1, 0.15) is 5.75 Å². The fraction of sp³-hybridized carbons (Fsp3) is 0.500. The third-order valence-electron chi connectivity index (χ3n) is 2.40. The van der Waals surface area contributed by atoms with Crippen LogP contribution in [-0.4, -0.2) is 20.1 Å².